The van der Waals surface area contributed by atoms with Crippen molar-refractivity contribution in [3.63, 3.8) is 0 Å². The Kier molecular flexibility index (Phi) is 5.35. The summed E-state index contributed by atoms with van der Waals surface area (Å²) in [5, 5.41) is 7.72. The van der Waals surface area contributed by atoms with E-state index >= 15 is 0 Å². The normalized spacial score (nSPS) is 15.7. The smallest absolute Gasteiger partial charge is 0.0818 e. The third-order valence-electron chi connectivity index (χ3n) is 3.15. The topological polar surface area (TPSA) is 39.1 Å². The highest BCUT2D eigenvalue weighted by molar-refractivity contribution is 5.13. The number of hydrogen-bond acceptors (Lipinski definition) is 3. The Labute approximate surface area is 111 Å². The molecule has 0 amide bonds. The summed E-state index contributed by atoms with van der Waals surface area (Å²) >= 11 is 0. The number of nitrogens with one attached hydrogen (secondary N) is 1. The summed E-state index contributed by atoms with van der Waals surface area (Å²) in [6, 6.07) is 0.172. The van der Waals surface area contributed by atoms with Crippen LogP contribution in [0.3, 0.4) is 0 Å². The van der Waals surface area contributed by atoms with Gasteiger partial charge < -0.3 is 10.1 Å². The molecule has 0 spiro atoms. The van der Waals surface area contributed by atoms with Gasteiger partial charge in [0.05, 0.1) is 18.3 Å². The molecule has 0 saturated carbocycles. The van der Waals surface area contributed by atoms with E-state index in [1.165, 1.54) is 5.56 Å². The van der Waals surface area contributed by atoms with Crippen LogP contribution in [0.25, 0.3) is 0 Å². The number of aryl methyl sites for hydroxylation is 1. The molecule has 0 radical (unpaired) electrons. The standard InChI is InChI=1S/C14H27N3O/c1-7-17-10-11(9-16-17)12(15-6)13(18-8-2)14(3,4)5/h9-10,12-13,15H,7-8H2,1-6H3. The zero-order valence-electron chi connectivity index (χ0n) is 12.5. The molecular weight excluding hydrogens is 226 g/mol. The second-order valence-corrected chi connectivity index (χ2v) is 5.64. The van der Waals surface area contributed by atoms with Crippen LogP contribution in [-0.4, -0.2) is 29.5 Å². The Hall–Kier alpha value is -0.870. The third-order valence-corrected chi connectivity index (χ3v) is 3.15. The molecule has 0 saturated heterocycles. The van der Waals surface area contributed by atoms with Gasteiger partial charge in [0.1, 0.15) is 0 Å². The van der Waals surface area contributed by atoms with Gasteiger partial charge in [-0.15, -0.1) is 0 Å². The first-order valence-electron chi connectivity index (χ1n) is 6.75. The molecule has 0 aliphatic rings. The summed E-state index contributed by atoms with van der Waals surface area (Å²) in [5.74, 6) is 0. The van der Waals surface area contributed by atoms with E-state index in [1.807, 2.05) is 24.9 Å². The first kappa shape index (κ1) is 15.2. The Bertz CT molecular complexity index is 354. The Balaban J connectivity index is 2.98. The summed E-state index contributed by atoms with van der Waals surface area (Å²) in [4.78, 5) is 0. The zero-order chi connectivity index (χ0) is 13.8. The number of ether oxygens (including phenoxy) is 1. The van der Waals surface area contributed by atoms with Crippen LogP contribution >= 0.6 is 0 Å². The van der Waals surface area contributed by atoms with E-state index in [9.17, 15) is 0 Å². The van der Waals surface area contributed by atoms with Gasteiger partial charge in [-0.3, -0.25) is 4.68 Å². The van der Waals surface area contributed by atoms with Crippen molar-refractivity contribution in [2.24, 2.45) is 5.41 Å². The summed E-state index contributed by atoms with van der Waals surface area (Å²) in [5.41, 5.74) is 1.27. The Morgan fingerprint density at radius 2 is 2.06 bits per heavy atom. The number of likely N-dealkylation sites (N-methyl/N-ethyl adjacent to an activating group) is 1. The van der Waals surface area contributed by atoms with Crippen molar-refractivity contribution in [1.29, 1.82) is 0 Å². The highest BCUT2D eigenvalue weighted by Crippen LogP contribution is 2.32. The molecule has 1 aromatic heterocycles. The lowest BCUT2D eigenvalue weighted by Gasteiger charge is -2.36. The van der Waals surface area contributed by atoms with Crippen LogP contribution in [0.4, 0.5) is 0 Å². The number of nitrogens with zero attached hydrogens (tertiary/aromatic N) is 2. The first-order chi connectivity index (χ1) is 8.43. The average Bonchev–Trinajstić information content (AvgIpc) is 2.76. The molecule has 1 heterocycles. The van der Waals surface area contributed by atoms with E-state index in [-0.39, 0.29) is 17.6 Å². The molecule has 104 valence electrons. The highest BCUT2D eigenvalue weighted by Gasteiger charge is 2.33. The highest BCUT2D eigenvalue weighted by atomic mass is 16.5. The van der Waals surface area contributed by atoms with E-state index in [0.717, 1.165) is 13.2 Å². The maximum Gasteiger partial charge on any atom is 0.0818 e. The van der Waals surface area contributed by atoms with Gasteiger partial charge in [-0.2, -0.15) is 5.10 Å². The van der Waals surface area contributed by atoms with Gasteiger partial charge >= 0.3 is 0 Å². The summed E-state index contributed by atoms with van der Waals surface area (Å²) < 4.78 is 7.91. The van der Waals surface area contributed by atoms with Crippen molar-refractivity contribution in [3.8, 4) is 0 Å². The van der Waals surface area contributed by atoms with Gasteiger partial charge in [0.2, 0.25) is 0 Å². The molecular formula is C14H27N3O. The van der Waals surface area contributed by atoms with Crippen LogP contribution in [0.2, 0.25) is 0 Å². The molecule has 1 rings (SSSR count). The minimum Gasteiger partial charge on any atom is -0.376 e. The number of hydrogen-bond donors (Lipinski definition) is 1. The first-order valence-corrected chi connectivity index (χ1v) is 6.75. The molecule has 1 N–H and O–H groups in total. The van der Waals surface area contributed by atoms with Crippen molar-refractivity contribution in [2.75, 3.05) is 13.7 Å². The van der Waals surface area contributed by atoms with Gasteiger partial charge in [0, 0.05) is 24.9 Å². The molecule has 2 atom stereocenters. The molecule has 0 aliphatic heterocycles. The lowest BCUT2D eigenvalue weighted by Crippen LogP contribution is -2.40. The SMILES string of the molecule is CCOC(C(NC)c1cnn(CC)c1)C(C)(C)C. The zero-order valence-corrected chi connectivity index (χ0v) is 12.5. The largest absolute Gasteiger partial charge is 0.376 e. The monoisotopic (exact) mass is 253 g/mol. The minimum absolute atomic E-state index is 0.0814. The Morgan fingerprint density at radius 3 is 2.44 bits per heavy atom. The number of aromatic nitrogens is 2. The predicted molar refractivity (Wildman–Crippen MR) is 74.6 cm³/mol. The van der Waals surface area contributed by atoms with Gasteiger partial charge in [-0.05, 0) is 26.3 Å². The van der Waals surface area contributed by atoms with Crippen LogP contribution in [0.15, 0.2) is 12.4 Å². The fraction of sp³-hybridized carbons (Fsp3) is 0.786. The van der Waals surface area contributed by atoms with Crippen molar-refractivity contribution in [1.82, 2.24) is 15.1 Å². The van der Waals surface area contributed by atoms with Gasteiger partial charge in [0.15, 0.2) is 0 Å². The van der Waals surface area contributed by atoms with E-state index in [4.69, 9.17) is 4.74 Å². The quantitative estimate of drug-likeness (QED) is 0.847. The maximum absolute atomic E-state index is 5.96. The molecule has 0 bridgehead atoms. The van der Waals surface area contributed by atoms with Crippen LogP contribution in [-0.2, 0) is 11.3 Å². The predicted octanol–water partition coefficient (Wildman–Crippen LogP) is 2.61. The minimum atomic E-state index is 0.0814. The van der Waals surface area contributed by atoms with Gasteiger partial charge in [-0.1, -0.05) is 20.8 Å². The number of rotatable bonds is 6. The maximum atomic E-state index is 5.96. The molecule has 1 aromatic rings. The lowest BCUT2D eigenvalue weighted by molar-refractivity contribution is -0.0351. The molecule has 2 unspecified atom stereocenters. The molecule has 4 nitrogen and oxygen atoms in total. The van der Waals surface area contributed by atoms with Gasteiger partial charge in [-0.25, -0.2) is 0 Å². The molecule has 0 fully saturated rings. The third kappa shape index (κ3) is 3.56. The van der Waals surface area contributed by atoms with Crippen molar-refractivity contribution < 1.29 is 4.74 Å². The van der Waals surface area contributed by atoms with E-state index in [1.54, 1.807) is 0 Å². The van der Waals surface area contributed by atoms with Crippen molar-refractivity contribution >= 4 is 0 Å². The summed E-state index contributed by atoms with van der Waals surface area (Å²) in [6.45, 7) is 12.4. The average molecular weight is 253 g/mol. The van der Waals surface area contributed by atoms with Crippen LogP contribution < -0.4 is 5.32 Å². The van der Waals surface area contributed by atoms with Crippen molar-refractivity contribution in [3.05, 3.63) is 18.0 Å². The van der Waals surface area contributed by atoms with E-state index < -0.39 is 0 Å². The summed E-state index contributed by atoms with van der Waals surface area (Å²) in [6.07, 6.45) is 4.16. The van der Waals surface area contributed by atoms with Crippen LogP contribution in [0, 0.1) is 5.41 Å². The molecule has 4 heteroatoms. The fourth-order valence-electron chi connectivity index (χ4n) is 2.23. The lowest BCUT2D eigenvalue weighted by atomic mass is 9.82. The second-order valence-electron chi connectivity index (χ2n) is 5.64. The fourth-order valence-corrected chi connectivity index (χ4v) is 2.23. The van der Waals surface area contributed by atoms with E-state index in [0.29, 0.717) is 0 Å². The van der Waals surface area contributed by atoms with Crippen molar-refractivity contribution in [2.45, 2.75) is 53.3 Å². The van der Waals surface area contributed by atoms with Crippen LogP contribution in [0.5, 0.6) is 0 Å². The Morgan fingerprint density at radius 1 is 1.39 bits per heavy atom. The summed E-state index contributed by atoms with van der Waals surface area (Å²) in [7, 11) is 1.98. The van der Waals surface area contributed by atoms with Gasteiger partial charge in [0.25, 0.3) is 0 Å². The second kappa shape index (κ2) is 6.34. The molecule has 0 aromatic carbocycles. The molecule has 18 heavy (non-hydrogen) atoms. The van der Waals surface area contributed by atoms with E-state index in [2.05, 4.69) is 44.3 Å². The molecule has 0 aliphatic carbocycles. The van der Waals surface area contributed by atoms with Crippen LogP contribution in [0.1, 0.15) is 46.2 Å².